The van der Waals surface area contributed by atoms with Crippen molar-refractivity contribution in [3.63, 3.8) is 0 Å². The van der Waals surface area contributed by atoms with Crippen LogP contribution in [0.2, 0.25) is 0 Å². The normalized spacial score (nSPS) is 10.9. The van der Waals surface area contributed by atoms with Crippen LogP contribution >= 0.6 is 24.0 Å². The minimum Gasteiger partial charge on any atom is -0.356 e. The van der Waals surface area contributed by atoms with Crippen LogP contribution in [0.1, 0.15) is 23.7 Å². The first-order valence-electron chi connectivity index (χ1n) is 7.05. The number of rotatable bonds is 6. The Morgan fingerprint density at radius 3 is 2.64 bits per heavy atom. The zero-order valence-electron chi connectivity index (χ0n) is 12.9. The van der Waals surface area contributed by atoms with Gasteiger partial charge in [-0.2, -0.15) is 4.98 Å². The molecule has 0 spiro atoms. The number of hydrogen-bond donors (Lipinski definition) is 2. The van der Waals surface area contributed by atoms with E-state index < -0.39 is 0 Å². The molecule has 120 valence electrons. The van der Waals surface area contributed by atoms with Gasteiger partial charge >= 0.3 is 0 Å². The minimum atomic E-state index is 0. The molecule has 1 heterocycles. The molecule has 1 aromatic carbocycles. The van der Waals surface area contributed by atoms with E-state index in [4.69, 9.17) is 4.52 Å². The number of nitrogens with one attached hydrogen (secondary N) is 2. The molecule has 2 rings (SSSR count). The van der Waals surface area contributed by atoms with Crippen LogP contribution in [0, 0.1) is 6.92 Å². The first-order valence-corrected chi connectivity index (χ1v) is 7.05. The molecule has 0 aliphatic rings. The van der Waals surface area contributed by atoms with Gasteiger partial charge in [-0.25, -0.2) is 0 Å². The molecule has 0 saturated heterocycles. The number of aryl methyl sites for hydroxylation is 2. The van der Waals surface area contributed by atoms with E-state index in [1.165, 1.54) is 5.56 Å². The smallest absolute Gasteiger partial charge is 0.246 e. The number of aromatic nitrogens is 2. The largest absolute Gasteiger partial charge is 0.356 e. The molecule has 0 amide bonds. The van der Waals surface area contributed by atoms with E-state index in [1.54, 1.807) is 14.0 Å². The van der Waals surface area contributed by atoms with Gasteiger partial charge in [0.2, 0.25) is 5.89 Å². The summed E-state index contributed by atoms with van der Waals surface area (Å²) < 4.78 is 5.04. The monoisotopic (exact) mass is 415 g/mol. The highest BCUT2D eigenvalue weighted by atomic mass is 127. The number of nitrogens with zero attached hydrogens (tertiary/aromatic N) is 3. The molecule has 2 N–H and O–H groups in total. The summed E-state index contributed by atoms with van der Waals surface area (Å²) in [5.41, 5.74) is 1.35. The lowest BCUT2D eigenvalue weighted by molar-refractivity contribution is 0.371. The molecule has 0 atom stereocenters. The molecule has 0 aliphatic heterocycles. The van der Waals surface area contributed by atoms with Crippen molar-refractivity contribution in [3.8, 4) is 0 Å². The standard InChI is InChI=1S/C15H21N5O.HI/c1-12-19-14(21-20-12)11-18-15(16-2)17-10-6-9-13-7-4-3-5-8-13;/h3-5,7-8H,6,9-11H2,1-2H3,(H2,16,17,18);1H. The summed E-state index contributed by atoms with van der Waals surface area (Å²) in [5, 5.41) is 10.1. The Balaban J connectivity index is 0.00000242. The minimum absolute atomic E-state index is 0. The highest BCUT2D eigenvalue weighted by Gasteiger charge is 2.03. The molecule has 1 aromatic heterocycles. The maximum atomic E-state index is 5.04. The van der Waals surface area contributed by atoms with E-state index >= 15 is 0 Å². The van der Waals surface area contributed by atoms with E-state index in [9.17, 15) is 0 Å². The van der Waals surface area contributed by atoms with E-state index in [0.29, 0.717) is 18.3 Å². The summed E-state index contributed by atoms with van der Waals surface area (Å²) in [7, 11) is 1.74. The number of hydrogen-bond acceptors (Lipinski definition) is 4. The predicted octanol–water partition coefficient (Wildman–Crippen LogP) is 2.29. The first-order chi connectivity index (χ1) is 10.3. The first kappa shape index (κ1) is 18.4. The summed E-state index contributed by atoms with van der Waals surface area (Å²) in [4.78, 5) is 8.29. The molecule has 0 saturated carbocycles. The summed E-state index contributed by atoms with van der Waals surface area (Å²) in [6.07, 6.45) is 2.10. The van der Waals surface area contributed by atoms with Crippen LogP contribution in [-0.2, 0) is 13.0 Å². The van der Waals surface area contributed by atoms with Crippen molar-refractivity contribution < 1.29 is 4.52 Å². The second kappa shape index (κ2) is 10.1. The number of aliphatic imine (C=N–C) groups is 1. The van der Waals surface area contributed by atoms with Crippen molar-refractivity contribution in [2.45, 2.75) is 26.3 Å². The molecule has 6 nitrogen and oxygen atoms in total. The van der Waals surface area contributed by atoms with E-state index in [1.807, 2.05) is 6.07 Å². The summed E-state index contributed by atoms with van der Waals surface area (Å²) in [6, 6.07) is 10.5. The topological polar surface area (TPSA) is 75.3 Å². The number of halogens is 1. The van der Waals surface area contributed by atoms with Crippen molar-refractivity contribution in [1.82, 2.24) is 20.8 Å². The highest BCUT2D eigenvalue weighted by molar-refractivity contribution is 14.0. The number of guanidine groups is 1. The van der Waals surface area contributed by atoms with Crippen LogP contribution in [-0.4, -0.2) is 29.7 Å². The lowest BCUT2D eigenvalue weighted by Gasteiger charge is -2.10. The predicted molar refractivity (Wildman–Crippen MR) is 97.4 cm³/mol. The Hall–Kier alpha value is -1.64. The molecule has 22 heavy (non-hydrogen) atoms. The van der Waals surface area contributed by atoms with Gasteiger partial charge in [0, 0.05) is 13.6 Å². The SMILES string of the molecule is CN=C(NCCCc1ccccc1)NCc1nc(C)no1.I. The van der Waals surface area contributed by atoms with Crippen LogP contribution in [0.3, 0.4) is 0 Å². The lowest BCUT2D eigenvalue weighted by Crippen LogP contribution is -2.37. The summed E-state index contributed by atoms with van der Waals surface area (Å²) in [5.74, 6) is 1.93. The molecule has 0 radical (unpaired) electrons. The summed E-state index contributed by atoms with van der Waals surface area (Å²) in [6.45, 7) is 3.13. The third kappa shape index (κ3) is 6.42. The van der Waals surface area contributed by atoms with Crippen LogP contribution < -0.4 is 10.6 Å². The zero-order chi connectivity index (χ0) is 14.9. The molecule has 2 aromatic rings. The van der Waals surface area contributed by atoms with E-state index in [-0.39, 0.29) is 24.0 Å². The fraction of sp³-hybridized carbons (Fsp3) is 0.400. The average Bonchev–Trinajstić information content (AvgIpc) is 2.93. The van der Waals surface area contributed by atoms with Gasteiger partial charge in [0.25, 0.3) is 0 Å². The van der Waals surface area contributed by atoms with E-state index in [2.05, 4.69) is 50.0 Å². The van der Waals surface area contributed by atoms with Gasteiger partial charge < -0.3 is 15.2 Å². The lowest BCUT2D eigenvalue weighted by atomic mass is 10.1. The molecule has 0 unspecified atom stereocenters. The highest BCUT2D eigenvalue weighted by Crippen LogP contribution is 2.01. The Morgan fingerprint density at radius 1 is 1.23 bits per heavy atom. The van der Waals surface area contributed by atoms with Crippen LogP contribution in [0.25, 0.3) is 0 Å². The summed E-state index contributed by atoms with van der Waals surface area (Å²) >= 11 is 0. The molecular formula is C15H22IN5O. The Labute approximate surface area is 147 Å². The van der Waals surface area contributed by atoms with Gasteiger partial charge in [0.05, 0.1) is 6.54 Å². The van der Waals surface area contributed by atoms with Crippen molar-refractivity contribution in [1.29, 1.82) is 0 Å². The quantitative estimate of drug-likeness (QED) is 0.328. The average molecular weight is 415 g/mol. The fourth-order valence-corrected chi connectivity index (χ4v) is 1.94. The van der Waals surface area contributed by atoms with Crippen molar-refractivity contribution in [2.75, 3.05) is 13.6 Å². The molecule has 0 bridgehead atoms. The van der Waals surface area contributed by atoms with Gasteiger partial charge in [-0.1, -0.05) is 35.5 Å². The molecule has 0 aliphatic carbocycles. The zero-order valence-corrected chi connectivity index (χ0v) is 15.2. The van der Waals surface area contributed by atoms with Gasteiger partial charge in [-0.15, -0.1) is 24.0 Å². The van der Waals surface area contributed by atoms with Crippen LogP contribution in [0.15, 0.2) is 39.8 Å². The third-order valence-electron chi connectivity index (χ3n) is 2.98. The van der Waals surface area contributed by atoms with Gasteiger partial charge in [-0.3, -0.25) is 4.99 Å². The fourth-order valence-electron chi connectivity index (χ4n) is 1.94. The maximum Gasteiger partial charge on any atom is 0.246 e. The van der Waals surface area contributed by atoms with Crippen molar-refractivity contribution in [3.05, 3.63) is 47.6 Å². The van der Waals surface area contributed by atoms with Crippen LogP contribution in [0.5, 0.6) is 0 Å². The van der Waals surface area contributed by atoms with Crippen molar-refractivity contribution in [2.24, 2.45) is 4.99 Å². The third-order valence-corrected chi connectivity index (χ3v) is 2.98. The Morgan fingerprint density at radius 2 is 2.00 bits per heavy atom. The van der Waals surface area contributed by atoms with Crippen molar-refractivity contribution >= 4 is 29.9 Å². The second-order valence-corrected chi connectivity index (χ2v) is 4.68. The van der Waals surface area contributed by atoms with Gasteiger partial charge in [0.15, 0.2) is 11.8 Å². The Kier molecular flexibility index (Phi) is 8.49. The second-order valence-electron chi connectivity index (χ2n) is 4.68. The van der Waals surface area contributed by atoms with E-state index in [0.717, 1.165) is 25.3 Å². The maximum absolute atomic E-state index is 5.04. The van der Waals surface area contributed by atoms with Crippen LogP contribution in [0.4, 0.5) is 0 Å². The molecule has 7 heteroatoms. The number of benzene rings is 1. The Bertz CT molecular complexity index is 570. The molecular weight excluding hydrogens is 393 g/mol. The molecule has 0 fully saturated rings. The van der Waals surface area contributed by atoms with Gasteiger partial charge in [0.1, 0.15) is 0 Å². The van der Waals surface area contributed by atoms with Gasteiger partial charge in [-0.05, 0) is 25.3 Å².